The molecular formula is C16H19N5O4. The SMILES string of the molecule is [3H]c1nc2[nH]c(=C)cc(N)c3cn([C@@H]4O[C@H](CO)[C@@H](O)[C@@]4(C)O)c(n1)c23. The number of H-pyrrole nitrogens is 1. The lowest BCUT2D eigenvalue weighted by Gasteiger charge is -2.27. The standard InChI is InChI=1S/C16H19N5O4/c1-7-3-9(17)8-4-21(14-11(8)13(20-7)18-6-19-14)15-16(2,24)12(23)10(5-22)25-15/h3-4,6,10,12,15,22-24H,1,5,17H2,2H3,(H,18,19,20)/t10-,12-,15-,16-/m1/s1/i6T. The van der Waals surface area contributed by atoms with Gasteiger partial charge in [0.1, 0.15) is 36.8 Å². The Morgan fingerprint density at radius 1 is 1.56 bits per heavy atom. The van der Waals surface area contributed by atoms with Crippen molar-refractivity contribution in [3.05, 3.63) is 23.9 Å². The van der Waals surface area contributed by atoms with Crippen molar-refractivity contribution in [1.82, 2.24) is 19.5 Å². The highest BCUT2D eigenvalue weighted by atomic mass is 16.6. The molecule has 0 unspecified atom stereocenters. The van der Waals surface area contributed by atoms with E-state index >= 15 is 0 Å². The van der Waals surface area contributed by atoms with Crippen molar-refractivity contribution in [1.29, 1.82) is 0 Å². The van der Waals surface area contributed by atoms with Crippen LogP contribution in [0.25, 0.3) is 28.6 Å². The normalized spacial score (nSPS) is 30.2. The van der Waals surface area contributed by atoms with Gasteiger partial charge in [-0.15, -0.1) is 0 Å². The summed E-state index contributed by atoms with van der Waals surface area (Å²) in [6.45, 7) is 4.80. The molecular weight excluding hydrogens is 326 g/mol. The molecule has 3 aromatic heterocycles. The molecule has 4 heterocycles. The van der Waals surface area contributed by atoms with Gasteiger partial charge >= 0.3 is 0 Å². The average Bonchev–Trinajstić information content (AvgIpc) is 2.99. The number of nitrogens with two attached hydrogens (primary N) is 1. The van der Waals surface area contributed by atoms with Crippen molar-refractivity contribution in [3.8, 4) is 0 Å². The average molecular weight is 347 g/mol. The summed E-state index contributed by atoms with van der Waals surface area (Å²) in [5.41, 5.74) is 5.54. The molecule has 3 aromatic rings. The van der Waals surface area contributed by atoms with Crippen LogP contribution in [0.15, 0.2) is 18.6 Å². The molecule has 0 aromatic carbocycles. The van der Waals surface area contributed by atoms with Crippen LogP contribution in [0.4, 0.5) is 5.69 Å². The number of hydrogen-bond donors (Lipinski definition) is 5. The Hall–Kier alpha value is -2.46. The topological polar surface area (TPSA) is 142 Å². The van der Waals surface area contributed by atoms with Crippen LogP contribution >= 0.6 is 0 Å². The van der Waals surface area contributed by atoms with Gasteiger partial charge < -0.3 is 35.3 Å². The molecule has 0 spiro atoms. The lowest BCUT2D eigenvalue weighted by atomic mass is 9.96. The third-order valence-electron chi connectivity index (χ3n) is 4.67. The summed E-state index contributed by atoms with van der Waals surface area (Å²) >= 11 is 0. The zero-order chi connectivity index (χ0) is 18.8. The van der Waals surface area contributed by atoms with E-state index in [9.17, 15) is 15.3 Å². The summed E-state index contributed by atoms with van der Waals surface area (Å²) in [6, 6.07) is 1.63. The highest BCUT2D eigenvalue weighted by Gasteiger charge is 2.53. The van der Waals surface area contributed by atoms with Gasteiger partial charge in [0.2, 0.25) is 0 Å². The van der Waals surface area contributed by atoms with E-state index in [1.54, 1.807) is 12.3 Å². The summed E-state index contributed by atoms with van der Waals surface area (Å²) in [6.07, 6.45) is -1.90. The van der Waals surface area contributed by atoms with Crippen LogP contribution in [0.1, 0.15) is 14.5 Å². The van der Waals surface area contributed by atoms with E-state index in [0.29, 0.717) is 33.1 Å². The number of hydrogen-bond acceptors (Lipinski definition) is 7. The first-order chi connectivity index (χ1) is 12.2. The summed E-state index contributed by atoms with van der Waals surface area (Å²) in [5.74, 6) is 0. The van der Waals surface area contributed by atoms with Gasteiger partial charge in [0.25, 0.3) is 0 Å². The molecule has 1 aliphatic rings. The zero-order valence-corrected chi connectivity index (χ0v) is 13.5. The molecule has 1 aliphatic heterocycles. The quantitative estimate of drug-likeness (QED) is 0.408. The van der Waals surface area contributed by atoms with Gasteiger partial charge in [0.05, 0.1) is 12.0 Å². The van der Waals surface area contributed by atoms with Crippen molar-refractivity contribution < 1.29 is 21.4 Å². The van der Waals surface area contributed by atoms with Crippen LogP contribution in [0.2, 0.25) is 0 Å². The highest BCUT2D eigenvalue weighted by molar-refractivity contribution is 6.08. The number of nitrogens with zero attached hydrogens (tertiary/aromatic N) is 3. The van der Waals surface area contributed by atoms with Crippen LogP contribution in [0, 0.1) is 0 Å². The second-order valence-corrected chi connectivity index (χ2v) is 6.45. The fourth-order valence-corrected chi connectivity index (χ4v) is 3.37. The van der Waals surface area contributed by atoms with Gasteiger partial charge in [-0.2, -0.15) is 0 Å². The Balaban J connectivity index is 2.06. The van der Waals surface area contributed by atoms with E-state index in [4.69, 9.17) is 11.8 Å². The van der Waals surface area contributed by atoms with E-state index in [2.05, 4.69) is 21.5 Å². The second-order valence-electron chi connectivity index (χ2n) is 6.45. The zero-order valence-electron chi connectivity index (χ0n) is 14.5. The Morgan fingerprint density at radius 3 is 3.00 bits per heavy atom. The number of nitrogens with one attached hydrogen (secondary N) is 1. The van der Waals surface area contributed by atoms with Gasteiger partial charge in [-0.05, 0) is 13.0 Å². The minimum absolute atomic E-state index is 0.240. The van der Waals surface area contributed by atoms with E-state index in [-0.39, 0.29) is 6.30 Å². The number of rotatable bonds is 2. The minimum atomic E-state index is -1.69. The number of aliphatic hydroxyl groups excluding tert-OH is 2. The van der Waals surface area contributed by atoms with Crippen LogP contribution in [-0.2, 0) is 4.74 Å². The fraction of sp³-hybridized carbons (Fsp3) is 0.375. The van der Waals surface area contributed by atoms with E-state index in [0.717, 1.165) is 0 Å². The molecule has 0 amide bonds. The first-order valence-corrected chi connectivity index (χ1v) is 7.73. The number of ether oxygens (including phenoxy) is 1. The molecule has 4 rings (SSSR count). The first kappa shape index (κ1) is 14.8. The molecule has 4 atom stereocenters. The third-order valence-corrected chi connectivity index (χ3v) is 4.67. The first-order valence-electron chi connectivity index (χ1n) is 8.23. The monoisotopic (exact) mass is 347 g/mol. The van der Waals surface area contributed by atoms with E-state index < -0.39 is 30.6 Å². The van der Waals surface area contributed by atoms with Gasteiger partial charge in [0.15, 0.2) is 6.23 Å². The van der Waals surface area contributed by atoms with Crippen molar-refractivity contribution in [2.24, 2.45) is 0 Å². The molecule has 1 fully saturated rings. The summed E-state index contributed by atoms with van der Waals surface area (Å²) in [4.78, 5) is 11.2. The summed E-state index contributed by atoms with van der Waals surface area (Å²) in [5, 5.41) is 32.1. The van der Waals surface area contributed by atoms with Crippen LogP contribution in [0.5, 0.6) is 0 Å². The summed E-state index contributed by atoms with van der Waals surface area (Å²) in [7, 11) is 0. The van der Waals surface area contributed by atoms with Crippen LogP contribution < -0.4 is 11.1 Å². The largest absolute Gasteiger partial charge is 0.398 e. The molecule has 0 radical (unpaired) electrons. The molecule has 9 nitrogen and oxygen atoms in total. The molecule has 25 heavy (non-hydrogen) atoms. The van der Waals surface area contributed by atoms with Crippen molar-refractivity contribution >= 4 is 34.3 Å². The van der Waals surface area contributed by atoms with Gasteiger partial charge in [-0.1, -0.05) is 6.58 Å². The lowest BCUT2D eigenvalue weighted by molar-refractivity contribution is -0.0947. The predicted molar refractivity (Wildman–Crippen MR) is 91.0 cm³/mol. The molecule has 0 saturated carbocycles. The molecule has 6 N–H and O–H groups in total. The molecule has 0 aliphatic carbocycles. The number of aromatic amines is 1. The maximum absolute atomic E-state index is 10.8. The number of nitrogen functional groups attached to an aromatic ring is 1. The Bertz CT molecular complexity index is 1080. The fourth-order valence-electron chi connectivity index (χ4n) is 3.37. The van der Waals surface area contributed by atoms with Crippen molar-refractivity contribution in [3.63, 3.8) is 0 Å². The van der Waals surface area contributed by atoms with E-state index in [1.165, 1.54) is 11.5 Å². The lowest BCUT2D eigenvalue weighted by Crippen LogP contribution is -2.44. The van der Waals surface area contributed by atoms with Crippen LogP contribution in [-0.4, -0.2) is 59.3 Å². The van der Waals surface area contributed by atoms with Crippen molar-refractivity contribution in [2.45, 2.75) is 31.0 Å². The van der Waals surface area contributed by atoms with Crippen LogP contribution in [0.3, 0.4) is 0 Å². The van der Waals surface area contributed by atoms with E-state index in [1.807, 2.05) is 0 Å². The Labute approximate surface area is 143 Å². The summed E-state index contributed by atoms with van der Waals surface area (Å²) < 4.78 is 15.1. The van der Waals surface area contributed by atoms with Gasteiger partial charge in [-0.3, -0.25) is 0 Å². The number of anilines is 1. The second kappa shape index (κ2) is 5.27. The molecule has 1 saturated heterocycles. The van der Waals surface area contributed by atoms with Gasteiger partial charge in [0, 0.05) is 22.6 Å². The third kappa shape index (κ3) is 2.17. The van der Waals surface area contributed by atoms with Crippen molar-refractivity contribution in [2.75, 3.05) is 12.3 Å². The highest BCUT2D eigenvalue weighted by Crippen LogP contribution is 2.41. The molecule has 0 bridgehead atoms. The minimum Gasteiger partial charge on any atom is -0.398 e. The smallest absolute Gasteiger partial charge is 0.167 e. The Kier molecular flexibility index (Phi) is 3.13. The van der Waals surface area contributed by atoms with Gasteiger partial charge in [-0.25, -0.2) is 9.97 Å². The molecule has 9 heteroatoms. The Morgan fingerprint density at radius 2 is 2.32 bits per heavy atom. The maximum atomic E-state index is 10.8. The number of aliphatic hydroxyl groups is 3. The number of aromatic nitrogens is 4. The predicted octanol–water partition coefficient (Wildman–Crippen LogP) is -0.812. The maximum Gasteiger partial charge on any atom is 0.167 e. The molecule has 132 valence electrons.